The van der Waals surface area contributed by atoms with Crippen LogP contribution in [0, 0.1) is 0 Å². The summed E-state index contributed by atoms with van der Waals surface area (Å²) < 4.78 is 27.1. The number of hydrogen-bond donors (Lipinski definition) is 0. The molecule has 0 saturated carbocycles. The molecule has 0 aromatic carbocycles. The molecule has 0 bridgehead atoms. The number of rotatable bonds is 2. The number of halogens is 2. The van der Waals surface area contributed by atoms with Gasteiger partial charge in [0.15, 0.2) is 0 Å². The third kappa shape index (κ3) is 2.18. The Morgan fingerprint density at radius 3 is 2.82 bits per heavy atom. The van der Waals surface area contributed by atoms with Crippen molar-refractivity contribution in [2.75, 3.05) is 0 Å². The lowest BCUT2D eigenvalue weighted by Crippen LogP contribution is -2.04. The summed E-state index contributed by atoms with van der Waals surface area (Å²) in [5.74, 6) is -0.114. The van der Waals surface area contributed by atoms with E-state index in [9.17, 15) is 8.78 Å². The summed E-state index contributed by atoms with van der Waals surface area (Å²) in [5.41, 5.74) is 4.23. The predicted molar refractivity (Wildman–Crippen MR) is 35.0 cm³/mol. The van der Waals surface area contributed by atoms with Crippen LogP contribution in [0.4, 0.5) is 8.78 Å². The molecule has 5 heteroatoms. The second-order valence-electron chi connectivity index (χ2n) is 1.91. The zero-order valence-electron chi connectivity index (χ0n) is 5.92. The maximum Gasteiger partial charge on any atom is 0.388 e. The Hall–Kier alpha value is -1.13. The molecular weight excluding hydrogens is 154 g/mol. The van der Waals surface area contributed by atoms with E-state index in [0.717, 1.165) is 0 Å². The zero-order chi connectivity index (χ0) is 8.27. The van der Waals surface area contributed by atoms with E-state index in [0.29, 0.717) is 12.1 Å². The normalized spacial score (nSPS) is 16.0. The third-order valence-electron chi connectivity index (χ3n) is 1.14. The van der Waals surface area contributed by atoms with E-state index in [1.807, 2.05) is 6.92 Å². The van der Waals surface area contributed by atoms with Crippen molar-refractivity contribution in [1.29, 1.82) is 0 Å². The smallest absolute Gasteiger partial charge is 0.388 e. The van der Waals surface area contributed by atoms with Crippen molar-refractivity contribution in [2.24, 2.45) is 5.10 Å². The SMILES string of the molecule is CCC1=CC(OC(F)F)=N[N]1. The number of hydrogen-bond acceptors (Lipinski definition) is 2. The first-order chi connectivity index (χ1) is 5.22. The fourth-order valence-electron chi connectivity index (χ4n) is 0.635. The summed E-state index contributed by atoms with van der Waals surface area (Å²) in [6.07, 6.45) is 2.06. The lowest BCUT2D eigenvalue weighted by atomic mass is 10.3. The fourth-order valence-corrected chi connectivity index (χ4v) is 0.635. The monoisotopic (exact) mass is 161 g/mol. The minimum Gasteiger partial charge on any atom is -0.415 e. The van der Waals surface area contributed by atoms with Gasteiger partial charge in [0.2, 0.25) is 5.90 Å². The first kappa shape index (κ1) is 7.97. The highest BCUT2D eigenvalue weighted by molar-refractivity contribution is 5.89. The maximum atomic E-state index is 11.5. The van der Waals surface area contributed by atoms with Crippen LogP contribution in [0.2, 0.25) is 0 Å². The highest BCUT2D eigenvalue weighted by atomic mass is 19.3. The van der Waals surface area contributed by atoms with E-state index >= 15 is 0 Å². The Morgan fingerprint density at radius 2 is 2.36 bits per heavy atom. The number of alkyl halides is 2. The second kappa shape index (κ2) is 3.32. The van der Waals surface area contributed by atoms with Crippen molar-refractivity contribution in [3.8, 4) is 0 Å². The van der Waals surface area contributed by atoms with Gasteiger partial charge in [-0.2, -0.15) is 14.2 Å². The topological polar surface area (TPSA) is 35.7 Å². The summed E-state index contributed by atoms with van der Waals surface area (Å²) in [5, 5.41) is 3.37. The van der Waals surface area contributed by atoms with Gasteiger partial charge >= 0.3 is 6.61 Å². The molecule has 1 heterocycles. The van der Waals surface area contributed by atoms with Gasteiger partial charge in [-0.1, -0.05) is 6.92 Å². The fraction of sp³-hybridized carbons (Fsp3) is 0.500. The maximum absolute atomic E-state index is 11.5. The molecule has 0 unspecified atom stereocenters. The third-order valence-corrected chi connectivity index (χ3v) is 1.14. The van der Waals surface area contributed by atoms with Crippen molar-refractivity contribution < 1.29 is 13.5 Å². The van der Waals surface area contributed by atoms with Gasteiger partial charge in [0, 0.05) is 6.08 Å². The summed E-state index contributed by atoms with van der Waals surface area (Å²) in [6, 6.07) is 0. The van der Waals surface area contributed by atoms with Crippen molar-refractivity contribution in [3.63, 3.8) is 0 Å². The molecule has 0 aliphatic carbocycles. The standard InChI is InChI=1S/C6H7F2N2O/c1-2-4-3-5(10-9-4)11-6(7)8/h3,6H,2H2,1H3. The van der Waals surface area contributed by atoms with E-state index in [1.54, 1.807) is 0 Å². The number of allylic oxidation sites excluding steroid dienone is 1. The van der Waals surface area contributed by atoms with Gasteiger partial charge in [0.25, 0.3) is 0 Å². The Kier molecular flexibility index (Phi) is 2.40. The van der Waals surface area contributed by atoms with E-state index in [1.165, 1.54) is 6.08 Å². The predicted octanol–water partition coefficient (Wildman–Crippen LogP) is 1.45. The van der Waals surface area contributed by atoms with E-state index in [-0.39, 0.29) is 5.90 Å². The van der Waals surface area contributed by atoms with Crippen LogP contribution >= 0.6 is 0 Å². The van der Waals surface area contributed by atoms with E-state index < -0.39 is 6.61 Å². The minimum atomic E-state index is -2.82. The molecule has 0 amide bonds. The van der Waals surface area contributed by atoms with Crippen molar-refractivity contribution >= 4 is 5.90 Å². The molecule has 0 atom stereocenters. The van der Waals surface area contributed by atoms with Crippen LogP contribution in [0.15, 0.2) is 16.9 Å². The van der Waals surface area contributed by atoms with E-state index in [4.69, 9.17) is 0 Å². The molecule has 0 spiro atoms. The summed E-state index contributed by atoms with van der Waals surface area (Å²) in [7, 11) is 0. The molecule has 0 N–H and O–H groups in total. The largest absolute Gasteiger partial charge is 0.415 e. The van der Waals surface area contributed by atoms with Gasteiger partial charge in [-0.15, -0.1) is 5.10 Å². The van der Waals surface area contributed by atoms with Gasteiger partial charge in [-0.25, -0.2) is 0 Å². The lowest BCUT2D eigenvalue weighted by Gasteiger charge is -1.97. The van der Waals surface area contributed by atoms with Crippen molar-refractivity contribution in [2.45, 2.75) is 20.0 Å². The Morgan fingerprint density at radius 1 is 1.64 bits per heavy atom. The van der Waals surface area contributed by atoms with Crippen LogP contribution in [0.25, 0.3) is 0 Å². The van der Waals surface area contributed by atoms with Gasteiger partial charge in [-0.05, 0) is 6.42 Å². The Labute approximate surface area is 62.7 Å². The second-order valence-corrected chi connectivity index (χ2v) is 1.91. The minimum absolute atomic E-state index is 0.114. The van der Waals surface area contributed by atoms with Crippen molar-refractivity contribution in [3.05, 3.63) is 11.8 Å². The number of ether oxygens (including phenoxy) is 1. The van der Waals surface area contributed by atoms with Crippen LogP contribution in [-0.2, 0) is 4.74 Å². The summed E-state index contributed by atoms with van der Waals surface area (Å²) in [6.45, 7) is -0.965. The van der Waals surface area contributed by atoms with Crippen LogP contribution in [-0.4, -0.2) is 12.5 Å². The molecule has 1 radical (unpaired) electrons. The molecule has 1 rings (SSSR count). The molecule has 0 aromatic rings. The average molecular weight is 161 g/mol. The van der Waals surface area contributed by atoms with Gasteiger partial charge in [0.05, 0.1) is 5.70 Å². The molecule has 1 aliphatic heterocycles. The first-order valence-corrected chi connectivity index (χ1v) is 3.16. The quantitative estimate of drug-likeness (QED) is 0.603. The molecule has 0 saturated heterocycles. The van der Waals surface area contributed by atoms with Crippen LogP contribution < -0.4 is 5.43 Å². The molecular formula is C6H7F2N2O. The van der Waals surface area contributed by atoms with Gasteiger partial charge < -0.3 is 4.74 Å². The van der Waals surface area contributed by atoms with Crippen molar-refractivity contribution in [1.82, 2.24) is 5.43 Å². The summed E-state index contributed by atoms with van der Waals surface area (Å²) >= 11 is 0. The molecule has 1 aliphatic rings. The first-order valence-electron chi connectivity index (χ1n) is 3.16. The highest BCUT2D eigenvalue weighted by Crippen LogP contribution is 2.08. The molecule has 0 aromatic heterocycles. The molecule has 3 nitrogen and oxygen atoms in total. The molecule has 11 heavy (non-hydrogen) atoms. The lowest BCUT2D eigenvalue weighted by molar-refractivity contribution is -0.0593. The Bertz CT molecular complexity index is 201. The summed E-state index contributed by atoms with van der Waals surface area (Å²) in [4.78, 5) is 0. The highest BCUT2D eigenvalue weighted by Gasteiger charge is 2.13. The van der Waals surface area contributed by atoms with Crippen LogP contribution in [0.1, 0.15) is 13.3 Å². The molecule has 61 valence electrons. The van der Waals surface area contributed by atoms with Gasteiger partial charge in [0.1, 0.15) is 0 Å². The van der Waals surface area contributed by atoms with Gasteiger partial charge in [-0.3, -0.25) is 0 Å². The zero-order valence-corrected chi connectivity index (χ0v) is 5.92. The number of nitrogens with zero attached hydrogens (tertiary/aromatic N) is 2. The van der Waals surface area contributed by atoms with Crippen LogP contribution in [0.3, 0.4) is 0 Å². The Balaban J connectivity index is 2.44. The van der Waals surface area contributed by atoms with Crippen LogP contribution in [0.5, 0.6) is 0 Å². The van der Waals surface area contributed by atoms with E-state index in [2.05, 4.69) is 15.3 Å². The average Bonchev–Trinajstić information content (AvgIpc) is 2.34. The molecule has 0 fully saturated rings.